The van der Waals surface area contributed by atoms with Crippen molar-refractivity contribution in [3.05, 3.63) is 58.4 Å². The Morgan fingerprint density at radius 2 is 2.08 bits per heavy atom. The second kappa shape index (κ2) is 7.66. The lowest BCUT2D eigenvalue weighted by Gasteiger charge is -2.14. The molecule has 1 aromatic heterocycles. The van der Waals surface area contributed by atoms with Crippen LogP contribution in [0.2, 0.25) is 5.15 Å². The fourth-order valence-electron chi connectivity index (χ4n) is 2.91. The van der Waals surface area contributed by atoms with Crippen LogP contribution < -0.4 is 5.32 Å². The summed E-state index contributed by atoms with van der Waals surface area (Å²) < 4.78 is 5.23. The van der Waals surface area contributed by atoms with Gasteiger partial charge in [0, 0.05) is 6.20 Å². The number of aryl methyl sites for hydroxylation is 2. The number of hydrogen-bond donors (Lipinski definition) is 1. The topological polar surface area (TPSA) is 68.3 Å². The Labute approximate surface area is 151 Å². The first-order valence-electron chi connectivity index (χ1n) is 8.24. The van der Waals surface area contributed by atoms with Gasteiger partial charge in [0.25, 0.3) is 5.91 Å². The van der Waals surface area contributed by atoms with Crippen molar-refractivity contribution in [1.29, 1.82) is 0 Å². The molecule has 25 heavy (non-hydrogen) atoms. The molecule has 0 saturated heterocycles. The van der Waals surface area contributed by atoms with Crippen LogP contribution >= 0.6 is 11.6 Å². The molecule has 0 radical (unpaired) electrons. The number of halogens is 1. The van der Waals surface area contributed by atoms with E-state index in [-0.39, 0.29) is 11.6 Å². The van der Waals surface area contributed by atoms with Gasteiger partial charge in [0.05, 0.1) is 12.1 Å². The van der Waals surface area contributed by atoms with Gasteiger partial charge in [0.2, 0.25) is 0 Å². The van der Waals surface area contributed by atoms with Crippen molar-refractivity contribution in [2.24, 2.45) is 0 Å². The number of benzene rings is 1. The third kappa shape index (κ3) is 4.37. The molecular formula is C19H19ClN2O3. The number of carbonyl (C=O) groups is 2. The maximum absolute atomic E-state index is 12.1. The molecule has 1 N–H and O–H groups in total. The highest BCUT2D eigenvalue weighted by Gasteiger charge is 2.20. The van der Waals surface area contributed by atoms with Crippen molar-refractivity contribution < 1.29 is 14.3 Å². The van der Waals surface area contributed by atoms with E-state index < -0.39 is 18.0 Å². The highest BCUT2D eigenvalue weighted by molar-refractivity contribution is 6.32. The maximum atomic E-state index is 12.1. The van der Waals surface area contributed by atoms with Gasteiger partial charge in [0.1, 0.15) is 0 Å². The summed E-state index contributed by atoms with van der Waals surface area (Å²) in [5.74, 6) is -0.880. The van der Waals surface area contributed by atoms with Crippen molar-refractivity contribution in [1.82, 2.24) is 4.98 Å². The molecule has 1 aromatic carbocycles. The van der Waals surface area contributed by atoms with E-state index in [4.69, 9.17) is 16.3 Å². The van der Waals surface area contributed by atoms with Crippen LogP contribution in [-0.4, -0.2) is 23.0 Å². The molecule has 1 unspecified atom stereocenters. The Hall–Kier alpha value is -2.40. The molecule has 3 rings (SSSR count). The summed E-state index contributed by atoms with van der Waals surface area (Å²) in [5, 5.41) is 2.79. The number of rotatable bonds is 5. The number of ether oxygens (including phenoxy) is 1. The summed E-state index contributed by atoms with van der Waals surface area (Å²) in [4.78, 5) is 28.1. The molecule has 0 saturated carbocycles. The van der Waals surface area contributed by atoms with E-state index in [0.29, 0.717) is 5.69 Å². The molecule has 2 aromatic rings. The zero-order valence-electron chi connectivity index (χ0n) is 13.9. The molecule has 0 fully saturated rings. The molecule has 1 heterocycles. The standard InChI is InChI=1S/C19H19ClN2O3/c1-12(19(24)22-16-6-3-9-21-18(16)20)25-17(23)11-13-7-8-14-4-2-5-15(14)10-13/h3,6-10,12H,2,4-5,11H2,1H3,(H,22,24). The lowest BCUT2D eigenvalue weighted by atomic mass is 10.0. The van der Waals surface area contributed by atoms with Crippen LogP contribution in [0.1, 0.15) is 30.0 Å². The molecule has 0 aliphatic heterocycles. The largest absolute Gasteiger partial charge is 0.452 e. The van der Waals surface area contributed by atoms with Crippen LogP contribution in [0.3, 0.4) is 0 Å². The quantitative estimate of drug-likeness (QED) is 0.657. The second-order valence-corrected chi connectivity index (χ2v) is 6.45. The molecule has 5 nitrogen and oxygen atoms in total. The predicted molar refractivity (Wildman–Crippen MR) is 95.6 cm³/mol. The Kier molecular flexibility index (Phi) is 5.34. The smallest absolute Gasteiger partial charge is 0.311 e. The summed E-state index contributed by atoms with van der Waals surface area (Å²) in [6, 6.07) is 9.37. The van der Waals surface area contributed by atoms with Crippen LogP contribution in [-0.2, 0) is 33.6 Å². The van der Waals surface area contributed by atoms with Crippen LogP contribution in [0.25, 0.3) is 0 Å². The van der Waals surface area contributed by atoms with Crippen LogP contribution in [0, 0.1) is 0 Å². The zero-order valence-corrected chi connectivity index (χ0v) is 14.7. The Morgan fingerprint density at radius 3 is 2.88 bits per heavy atom. The van der Waals surface area contributed by atoms with E-state index in [1.165, 1.54) is 24.2 Å². The van der Waals surface area contributed by atoms with Gasteiger partial charge >= 0.3 is 5.97 Å². The Morgan fingerprint density at radius 1 is 1.28 bits per heavy atom. The van der Waals surface area contributed by atoms with Crippen LogP contribution in [0.5, 0.6) is 0 Å². The van der Waals surface area contributed by atoms with E-state index in [0.717, 1.165) is 24.8 Å². The number of hydrogen-bond acceptors (Lipinski definition) is 4. The summed E-state index contributed by atoms with van der Waals surface area (Å²) in [7, 11) is 0. The number of pyridine rings is 1. The summed E-state index contributed by atoms with van der Waals surface area (Å²) >= 11 is 5.90. The number of nitrogens with zero attached hydrogens (tertiary/aromatic N) is 1. The number of fused-ring (bicyclic) bond motifs is 1. The number of nitrogens with one attached hydrogen (secondary N) is 1. The van der Waals surface area contributed by atoms with Crippen molar-refractivity contribution in [3.63, 3.8) is 0 Å². The third-order valence-corrected chi connectivity index (χ3v) is 4.51. The molecule has 0 bridgehead atoms. The van der Waals surface area contributed by atoms with Gasteiger partial charge in [-0.1, -0.05) is 29.8 Å². The fourth-order valence-corrected chi connectivity index (χ4v) is 3.07. The first-order chi connectivity index (χ1) is 12.0. The number of carbonyl (C=O) groups excluding carboxylic acids is 2. The molecular weight excluding hydrogens is 340 g/mol. The van der Waals surface area contributed by atoms with Crippen molar-refractivity contribution in [2.75, 3.05) is 5.32 Å². The van der Waals surface area contributed by atoms with E-state index in [1.807, 2.05) is 6.07 Å². The average Bonchev–Trinajstić information content (AvgIpc) is 3.04. The van der Waals surface area contributed by atoms with Gasteiger partial charge in [-0.15, -0.1) is 0 Å². The first kappa shape index (κ1) is 17.4. The summed E-state index contributed by atoms with van der Waals surface area (Å²) in [6.45, 7) is 1.53. The highest BCUT2D eigenvalue weighted by atomic mass is 35.5. The van der Waals surface area contributed by atoms with Gasteiger partial charge < -0.3 is 10.1 Å². The maximum Gasteiger partial charge on any atom is 0.311 e. The Balaban J connectivity index is 1.55. The van der Waals surface area contributed by atoms with E-state index in [2.05, 4.69) is 22.4 Å². The fraction of sp³-hybridized carbons (Fsp3) is 0.316. The summed E-state index contributed by atoms with van der Waals surface area (Å²) in [5.41, 5.74) is 3.96. The van der Waals surface area contributed by atoms with Gasteiger partial charge in [-0.05, 0) is 55.0 Å². The zero-order chi connectivity index (χ0) is 17.8. The molecule has 1 aliphatic carbocycles. The van der Waals surface area contributed by atoms with Crippen molar-refractivity contribution >= 4 is 29.2 Å². The van der Waals surface area contributed by atoms with Crippen LogP contribution in [0.15, 0.2) is 36.5 Å². The van der Waals surface area contributed by atoms with Gasteiger partial charge in [-0.25, -0.2) is 4.98 Å². The van der Waals surface area contributed by atoms with Gasteiger partial charge in [-0.3, -0.25) is 9.59 Å². The third-order valence-electron chi connectivity index (χ3n) is 4.21. The molecule has 0 spiro atoms. The van der Waals surface area contributed by atoms with Gasteiger partial charge in [-0.2, -0.15) is 0 Å². The first-order valence-corrected chi connectivity index (χ1v) is 8.62. The number of esters is 1. The van der Waals surface area contributed by atoms with Crippen molar-refractivity contribution in [3.8, 4) is 0 Å². The molecule has 130 valence electrons. The molecule has 1 amide bonds. The van der Waals surface area contributed by atoms with E-state index in [1.54, 1.807) is 12.1 Å². The van der Waals surface area contributed by atoms with Crippen molar-refractivity contribution in [2.45, 2.75) is 38.7 Å². The molecule has 1 atom stereocenters. The summed E-state index contributed by atoms with van der Waals surface area (Å²) in [6.07, 6.45) is 4.09. The van der Waals surface area contributed by atoms with Gasteiger partial charge in [0.15, 0.2) is 11.3 Å². The normalized spacial score (nSPS) is 13.8. The Bertz CT molecular complexity index is 807. The minimum Gasteiger partial charge on any atom is -0.452 e. The minimum atomic E-state index is -0.918. The second-order valence-electron chi connectivity index (χ2n) is 6.10. The SMILES string of the molecule is CC(OC(=O)Cc1ccc2c(c1)CCC2)C(=O)Nc1cccnc1Cl. The predicted octanol–water partition coefficient (Wildman–Crippen LogP) is 3.34. The number of aromatic nitrogens is 1. The molecule has 1 aliphatic rings. The highest BCUT2D eigenvalue weighted by Crippen LogP contribution is 2.23. The van der Waals surface area contributed by atoms with Crippen LogP contribution in [0.4, 0.5) is 5.69 Å². The van der Waals surface area contributed by atoms with E-state index in [9.17, 15) is 9.59 Å². The monoisotopic (exact) mass is 358 g/mol. The lowest BCUT2D eigenvalue weighted by Crippen LogP contribution is -2.30. The molecule has 6 heteroatoms. The van der Waals surface area contributed by atoms with E-state index >= 15 is 0 Å². The number of amides is 1. The average molecular weight is 359 g/mol. The number of anilines is 1. The minimum absolute atomic E-state index is 0.151. The lowest BCUT2D eigenvalue weighted by molar-refractivity contribution is -0.152.